The van der Waals surface area contributed by atoms with E-state index < -0.39 is 24.3 Å². The third-order valence-corrected chi connectivity index (χ3v) is 22.2. The van der Waals surface area contributed by atoms with E-state index in [1.165, 1.54) is 7.11 Å². The topological polar surface area (TPSA) is 66.9 Å². The summed E-state index contributed by atoms with van der Waals surface area (Å²) in [7, 11) is 8.24. The Bertz CT molecular complexity index is 758. The summed E-state index contributed by atoms with van der Waals surface area (Å²) in [4.78, 5) is 42.7. The van der Waals surface area contributed by atoms with Crippen LogP contribution in [-0.2, 0) is 4.74 Å². The van der Waals surface area contributed by atoms with E-state index in [-0.39, 0.29) is 17.4 Å². The normalized spacial score (nSPS) is 11.3. The summed E-state index contributed by atoms with van der Waals surface area (Å²) in [6.07, 6.45) is 6.58. The quantitative estimate of drug-likeness (QED) is 0.251. The Morgan fingerprint density at radius 1 is 0.758 bits per heavy atom. The Kier molecular flexibility index (Phi) is 12.5. The van der Waals surface area contributed by atoms with Gasteiger partial charge in [0, 0.05) is 0 Å². The number of carbonyl (C=O) groups excluding carboxylic acids is 3. The summed E-state index contributed by atoms with van der Waals surface area (Å²) in [6, 6.07) is 3.37. The zero-order valence-electron chi connectivity index (χ0n) is 22.0. The number of unbranched alkanes of at least 4 members (excludes halogenated alkanes) is 3. The van der Waals surface area contributed by atoms with Crippen molar-refractivity contribution in [2.75, 3.05) is 35.3 Å². The number of nitrogens with zero attached hydrogens (tertiary/aromatic N) is 2. The summed E-state index contributed by atoms with van der Waals surface area (Å²) < 4.78 is 9.34. The van der Waals surface area contributed by atoms with Crippen LogP contribution in [0.3, 0.4) is 0 Å². The van der Waals surface area contributed by atoms with Gasteiger partial charge in [-0.2, -0.15) is 0 Å². The Hall–Kier alpha value is -1.57. The zero-order valence-corrected chi connectivity index (χ0v) is 24.9. The molecule has 0 spiro atoms. The van der Waals surface area contributed by atoms with Gasteiger partial charge in [-0.25, -0.2) is 0 Å². The third-order valence-electron chi connectivity index (χ3n) is 6.39. The van der Waals surface area contributed by atoms with Gasteiger partial charge in [-0.3, -0.25) is 0 Å². The summed E-state index contributed by atoms with van der Waals surface area (Å²) >= 11 is -3.25. The molecule has 33 heavy (non-hydrogen) atoms. The Labute approximate surface area is 204 Å². The maximum absolute atomic E-state index is 13.5. The van der Waals surface area contributed by atoms with Crippen LogP contribution in [0.2, 0.25) is 13.3 Å². The fraction of sp³-hybridized carbons (Fsp3) is 0.654. The van der Waals surface area contributed by atoms with E-state index in [9.17, 15) is 14.4 Å². The van der Waals surface area contributed by atoms with Gasteiger partial charge >= 0.3 is 205 Å². The molecule has 2 amide bonds. The van der Waals surface area contributed by atoms with Crippen molar-refractivity contribution < 1.29 is 19.1 Å². The van der Waals surface area contributed by atoms with Crippen LogP contribution in [0.25, 0.3) is 0 Å². The van der Waals surface area contributed by atoms with E-state index in [2.05, 4.69) is 20.8 Å². The second kappa shape index (κ2) is 14.0. The summed E-state index contributed by atoms with van der Waals surface area (Å²) in [5.41, 5.74) is 1.33. The molecule has 6 nitrogen and oxygen atoms in total. The van der Waals surface area contributed by atoms with Crippen molar-refractivity contribution >= 4 is 39.7 Å². The predicted octanol–water partition coefficient (Wildman–Crippen LogP) is 4.93. The van der Waals surface area contributed by atoms with Gasteiger partial charge < -0.3 is 0 Å². The standard InChI is InChI=1S/C14H17N2O4.3C4H9.Sn/c1-15(2)12(17)9-6-10(13(18)16(3)4)8-11(7-9)14(19)20-5;3*1-3-4-2;/h7-8H,1-5H3;3*1,3-4H2,2H3;. The Balaban J connectivity index is 4.13. The molecule has 1 aromatic carbocycles. The second-order valence-electron chi connectivity index (χ2n) is 9.43. The molecule has 0 aliphatic heterocycles. The van der Waals surface area contributed by atoms with Gasteiger partial charge in [-0.15, -0.1) is 0 Å². The minimum absolute atomic E-state index is 0.144. The second-order valence-corrected chi connectivity index (χ2v) is 22.4. The van der Waals surface area contributed by atoms with Crippen LogP contribution in [0.1, 0.15) is 90.4 Å². The number of rotatable bonds is 13. The fourth-order valence-corrected chi connectivity index (χ4v) is 22.0. The summed E-state index contributed by atoms with van der Waals surface area (Å²) in [6.45, 7) is 6.61. The van der Waals surface area contributed by atoms with Crippen molar-refractivity contribution in [1.82, 2.24) is 9.80 Å². The number of ether oxygens (including phenoxy) is 1. The average molecular weight is 567 g/mol. The molecule has 1 aromatic rings. The first-order valence-electron chi connectivity index (χ1n) is 12.3. The zero-order chi connectivity index (χ0) is 25.2. The van der Waals surface area contributed by atoms with Gasteiger partial charge in [0.15, 0.2) is 0 Å². The summed E-state index contributed by atoms with van der Waals surface area (Å²) in [5, 5.41) is 0. The van der Waals surface area contributed by atoms with Gasteiger partial charge in [0.25, 0.3) is 0 Å². The first-order valence-corrected chi connectivity index (χ1v) is 19.8. The fourth-order valence-electron chi connectivity index (χ4n) is 4.56. The van der Waals surface area contributed by atoms with Crippen LogP contribution < -0.4 is 3.58 Å². The van der Waals surface area contributed by atoms with Crippen LogP contribution in [0.15, 0.2) is 12.1 Å². The summed E-state index contributed by atoms with van der Waals surface area (Å²) in [5.74, 6) is -0.818. The SMILES string of the molecule is CCC[CH2][Sn]([CH2]CCC)([CH2]CCC)[c]1c(C(=O)N(C)C)cc(C(=O)OC)cc1C(=O)N(C)C. The first-order chi connectivity index (χ1) is 15.6. The minimum atomic E-state index is -3.25. The average Bonchev–Trinajstić information content (AvgIpc) is 2.81. The molecular weight excluding hydrogens is 523 g/mol. The van der Waals surface area contributed by atoms with Crippen molar-refractivity contribution in [3.05, 3.63) is 28.8 Å². The number of amides is 2. The van der Waals surface area contributed by atoms with E-state index in [1.807, 2.05) is 0 Å². The van der Waals surface area contributed by atoms with Gasteiger partial charge in [-0.1, -0.05) is 0 Å². The van der Waals surface area contributed by atoms with Crippen molar-refractivity contribution in [3.63, 3.8) is 0 Å². The third kappa shape index (κ3) is 7.46. The monoisotopic (exact) mass is 568 g/mol. The molecule has 0 heterocycles. The van der Waals surface area contributed by atoms with E-state index >= 15 is 0 Å². The van der Waals surface area contributed by atoms with Crippen molar-refractivity contribution in [3.8, 4) is 0 Å². The number of hydrogen-bond donors (Lipinski definition) is 0. The molecule has 0 saturated heterocycles. The van der Waals surface area contributed by atoms with E-state index in [0.29, 0.717) is 11.1 Å². The molecule has 0 fully saturated rings. The molecule has 0 aliphatic carbocycles. The molecular formula is C26H44N2O4Sn. The van der Waals surface area contributed by atoms with Gasteiger partial charge in [-0.05, 0) is 0 Å². The molecule has 0 unspecified atom stereocenters. The number of methoxy groups -OCH3 is 1. The van der Waals surface area contributed by atoms with Gasteiger partial charge in [0.05, 0.1) is 0 Å². The Morgan fingerprint density at radius 2 is 1.12 bits per heavy atom. The van der Waals surface area contributed by atoms with Crippen LogP contribution in [0.4, 0.5) is 0 Å². The molecule has 0 aliphatic rings. The van der Waals surface area contributed by atoms with Crippen molar-refractivity contribution in [1.29, 1.82) is 0 Å². The van der Waals surface area contributed by atoms with Gasteiger partial charge in [0.2, 0.25) is 0 Å². The predicted molar refractivity (Wildman–Crippen MR) is 138 cm³/mol. The molecule has 0 radical (unpaired) electrons. The molecule has 0 atom stereocenters. The number of esters is 1. The van der Waals surface area contributed by atoms with Crippen LogP contribution in [0.5, 0.6) is 0 Å². The number of benzene rings is 1. The van der Waals surface area contributed by atoms with Crippen LogP contribution in [-0.4, -0.2) is 81.3 Å². The number of carbonyl (C=O) groups is 3. The first kappa shape index (κ1) is 29.5. The molecule has 0 aromatic heterocycles. The molecule has 7 heteroatoms. The van der Waals surface area contributed by atoms with E-state index in [1.54, 1.807) is 50.1 Å². The van der Waals surface area contributed by atoms with Crippen molar-refractivity contribution in [2.24, 2.45) is 0 Å². The molecule has 186 valence electrons. The van der Waals surface area contributed by atoms with Gasteiger partial charge in [0.1, 0.15) is 0 Å². The van der Waals surface area contributed by atoms with Crippen LogP contribution >= 0.6 is 0 Å². The Morgan fingerprint density at radius 3 is 1.39 bits per heavy atom. The molecule has 0 N–H and O–H groups in total. The molecule has 0 bridgehead atoms. The molecule has 0 saturated carbocycles. The van der Waals surface area contributed by atoms with E-state index in [4.69, 9.17) is 4.74 Å². The van der Waals surface area contributed by atoms with Crippen LogP contribution in [0, 0.1) is 0 Å². The maximum atomic E-state index is 13.5. The number of hydrogen-bond acceptors (Lipinski definition) is 4. The molecule has 1 rings (SSSR count). The van der Waals surface area contributed by atoms with E-state index in [0.717, 1.165) is 55.4 Å². The van der Waals surface area contributed by atoms with Crippen molar-refractivity contribution in [2.45, 2.75) is 72.6 Å².